The Morgan fingerprint density at radius 2 is 1.61 bits per heavy atom. The van der Waals surface area contributed by atoms with Gasteiger partial charge < -0.3 is 35.1 Å². The van der Waals surface area contributed by atoms with Crippen molar-refractivity contribution in [2.45, 2.75) is 70.3 Å². The number of ether oxygens (including phenoxy) is 3. The zero-order chi connectivity index (χ0) is 36.6. The summed E-state index contributed by atoms with van der Waals surface area (Å²) >= 11 is 0. The van der Waals surface area contributed by atoms with Gasteiger partial charge in [0.25, 0.3) is 5.56 Å². The van der Waals surface area contributed by atoms with Crippen LogP contribution in [0.2, 0.25) is 25.7 Å². The molecule has 3 N–H and O–H groups in total. The van der Waals surface area contributed by atoms with Crippen LogP contribution in [0.3, 0.4) is 0 Å². The summed E-state index contributed by atoms with van der Waals surface area (Å²) in [5, 5.41) is 6.39. The van der Waals surface area contributed by atoms with Crippen LogP contribution in [0.4, 0.5) is 42.8 Å². The van der Waals surface area contributed by atoms with Gasteiger partial charge in [-0.3, -0.25) is 9.59 Å². The Bertz CT molecular complexity index is 1460. The Labute approximate surface area is 278 Å². The third kappa shape index (κ3) is 12.4. The number of rotatable bonds is 15. The zero-order valence-electron chi connectivity index (χ0n) is 27.4. The highest BCUT2D eigenvalue weighted by Crippen LogP contribution is 2.32. The number of piperazine rings is 1. The van der Waals surface area contributed by atoms with E-state index < -0.39 is 73.7 Å². The minimum absolute atomic E-state index is 0.0762. The SMILES string of the molecule is CC(COCC(CC(=O)N1CCN(c2ncc(C(F)(F)F)cn2)CC1)OC(N)=O)Nc1cnn(COCC[Si](C)(C)C)c(=O)c1C(F)(F)F. The first kappa shape index (κ1) is 39.5. The van der Waals surface area contributed by atoms with Gasteiger partial charge in [0.2, 0.25) is 11.9 Å². The minimum atomic E-state index is -5.00. The van der Waals surface area contributed by atoms with Crippen LogP contribution < -0.4 is 21.5 Å². The lowest BCUT2D eigenvalue weighted by Crippen LogP contribution is -2.50. The van der Waals surface area contributed by atoms with Gasteiger partial charge in [-0.05, 0) is 13.0 Å². The third-order valence-corrected chi connectivity index (χ3v) is 8.88. The lowest BCUT2D eigenvalue weighted by molar-refractivity contribution is -0.139. The van der Waals surface area contributed by atoms with Crippen molar-refractivity contribution in [2.24, 2.45) is 5.73 Å². The molecule has 0 spiro atoms. The predicted molar refractivity (Wildman–Crippen MR) is 166 cm³/mol. The summed E-state index contributed by atoms with van der Waals surface area (Å²) in [7, 11) is -1.45. The summed E-state index contributed by atoms with van der Waals surface area (Å²) in [4.78, 5) is 47.7. The maximum Gasteiger partial charge on any atom is 0.423 e. The Kier molecular flexibility index (Phi) is 13.4. The van der Waals surface area contributed by atoms with Gasteiger partial charge >= 0.3 is 18.4 Å². The van der Waals surface area contributed by atoms with Crippen LogP contribution in [0.25, 0.3) is 0 Å². The van der Waals surface area contributed by atoms with Crippen molar-refractivity contribution in [3.05, 3.63) is 40.1 Å². The predicted octanol–water partition coefficient (Wildman–Crippen LogP) is 3.40. The number of amides is 2. The summed E-state index contributed by atoms with van der Waals surface area (Å²) in [5.41, 5.74) is 0.771. The molecule has 3 rings (SSSR count). The highest BCUT2D eigenvalue weighted by Gasteiger charge is 2.39. The minimum Gasteiger partial charge on any atom is -0.443 e. The van der Waals surface area contributed by atoms with Crippen molar-refractivity contribution in [2.75, 3.05) is 56.2 Å². The molecule has 0 aromatic carbocycles. The smallest absolute Gasteiger partial charge is 0.423 e. The molecule has 1 fully saturated rings. The van der Waals surface area contributed by atoms with Crippen LogP contribution in [-0.4, -0.2) is 103 Å². The quantitative estimate of drug-likeness (QED) is 0.157. The summed E-state index contributed by atoms with van der Waals surface area (Å²) in [6, 6.07) is -0.0389. The van der Waals surface area contributed by atoms with Crippen LogP contribution in [0.15, 0.2) is 23.4 Å². The number of nitrogens with one attached hydrogen (secondary N) is 1. The van der Waals surface area contributed by atoms with Crippen molar-refractivity contribution in [1.82, 2.24) is 24.6 Å². The summed E-state index contributed by atoms with van der Waals surface area (Å²) in [6.45, 7) is 7.90. The molecule has 2 aromatic heterocycles. The Morgan fingerprint density at radius 1 is 0.980 bits per heavy atom. The van der Waals surface area contributed by atoms with Crippen LogP contribution in [0.5, 0.6) is 0 Å². The van der Waals surface area contributed by atoms with Crippen molar-refractivity contribution < 1.29 is 50.1 Å². The van der Waals surface area contributed by atoms with Gasteiger partial charge in [0.05, 0.1) is 37.1 Å². The van der Waals surface area contributed by atoms with E-state index in [9.17, 15) is 40.7 Å². The maximum atomic E-state index is 13.9. The maximum absolute atomic E-state index is 13.9. The van der Waals surface area contributed by atoms with Gasteiger partial charge in [-0.1, -0.05) is 19.6 Å². The Morgan fingerprint density at radius 3 is 2.16 bits per heavy atom. The second kappa shape index (κ2) is 16.6. The molecule has 0 radical (unpaired) electrons. The molecule has 21 heteroatoms. The van der Waals surface area contributed by atoms with Crippen LogP contribution in [-0.2, 0) is 38.1 Å². The molecule has 2 amide bonds. The monoisotopic (exact) mass is 726 g/mol. The molecule has 14 nitrogen and oxygen atoms in total. The van der Waals surface area contributed by atoms with E-state index in [1.54, 1.807) is 4.90 Å². The molecule has 0 saturated carbocycles. The van der Waals surface area contributed by atoms with Gasteiger partial charge in [0.1, 0.15) is 18.4 Å². The number of hydrogen-bond donors (Lipinski definition) is 2. The molecular formula is C28H40F6N8O6Si. The molecule has 0 bridgehead atoms. The Balaban J connectivity index is 1.53. The van der Waals surface area contributed by atoms with Gasteiger partial charge in [-0.25, -0.2) is 19.4 Å². The number of carbonyl (C=O) groups is 2. The van der Waals surface area contributed by atoms with Crippen molar-refractivity contribution >= 4 is 31.7 Å². The van der Waals surface area contributed by atoms with Crippen molar-refractivity contribution in [1.29, 1.82) is 0 Å². The first-order valence-electron chi connectivity index (χ1n) is 15.2. The molecule has 2 atom stereocenters. The summed E-state index contributed by atoms with van der Waals surface area (Å²) in [6.07, 6.45) is -9.98. The molecule has 2 unspecified atom stereocenters. The van der Waals surface area contributed by atoms with E-state index in [-0.39, 0.29) is 58.4 Å². The normalized spacial score (nSPS) is 15.6. The summed E-state index contributed by atoms with van der Waals surface area (Å²) in [5.74, 6) is -0.354. The summed E-state index contributed by atoms with van der Waals surface area (Å²) < 4.78 is 96.6. The van der Waals surface area contributed by atoms with E-state index in [2.05, 4.69) is 40.0 Å². The topological polar surface area (TPSA) is 167 Å². The molecule has 49 heavy (non-hydrogen) atoms. The second-order valence-corrected chi connectivity index (χ2v) is 18.2. The van der Waals surface area contributed by atoms with Crippen LogP contribution in [0.1, 0.15) is 24.5 Å². The second-order valence-electron chi connectivity index (χ2n) is 12.6. The standard InChI is InChI=1S/C28H40F6N8O6Si/c1-18(39-21-14-38-42(17-46-9-10-49(2,3)4)24(44)23(21)28(32,33)34)15-47-16-20(48-25(35)45)11-22(43)40-5-7-41(8-6-40)26-36-12-19(13-37-26)27(29,30)31/h12-14,18,20,39H,5-11,15-17H2,1-4H3,(H2,35,45). The number of alkyl halides is 6. The molecule has 1 aliphatic heterocycles. The molecule has 0 aliphatic carbocycles. The number of anilines is 2. The van der Waals surface area contributed by atoms with Crippen LogP contribution >= 0.6 is 0 Å². The molecule has 1 aliphatic rings. The fraction of sp³-hybridized carbons (Fsp3) is 0.643. The first-order chi connectivity index (χ1) is 22.7. The number of carbonyl (C=O) groups excluding carboxylic acids is 2. The molecular weight excluding hydrogens is 686 g/mol. The third-order valence-electron chi connectivity index (χ3n) is 7.18. The number of primary amides is 1. The number of hydrogen-bond acceptors (Lipinski definition) is 11. The number of nitrogens with zero attached hydrogens (tertiary/aromatic N) is 6. The van der Waals surface area contributed by atoms with Gasteiger partial charge in [0.15, 0.2) is 0 Å². The van der Waals surface area contributed by atoms with E-state index in [4.69, 9.17) is 19.9 Å². The van der Waals surface area contributed by atoms with E-state index in [1.807, 2.05) is 0 Å². The van der Waals surface area contributed by atoms with Crippen molar-refractivity contribution in [3.8, 4) is 0 Å². The first-order valence-corrected chi connectivity index (χ1v) is 18.9. The van der Waals surface area contributed by atoms with E-state index in [1.165, 1.54) is 11.8 Å². The number of aromatic nitrogens is 4. The van der Waals surface area contributed by atoms with Crippen molar-refractivity contribution in [3.63, 3.8) is 0 Å². The fourth-order valence-corrected chi connectivity index (χ4v) is 5.34. The Hall–Kier alpha value is -3.98. The largest absolute Gasteiger partial charge is 0.443 e. The van der Waals surface area contributed by atoms with E-state index in [0.29, 0.717) is 17.1 Å². The zero-order valence-corrected chi connectivity index (χ0v) is 28.4. The number of nitrogens with two attached hydrogens (primary N) is 1. The highest BCUT2D eigenvalue weighted by molar-refractivity contribution is 6.76. The average molecular weight is 727 g/mol. The number of halogens is 6. The molecule has 274 valence electrons. The van der Waals surface area contributed by atoms with Gasteiger partial charge in [0, 0.05) is 59.3 Å². The average Bonchev–Trinajstić information content (AvgIpc) is 2.98. The molecule has 2 aromatic rings. The molecule has 1 saturated heterocycles. The lowest BCUT2D eigenvalue weighted by atomic mass is 10.2. The molecule has 3 heterocycles. The highest BCUT2D eigenvalue weighted by atomic mass is 28.3. The van der Waals surface area contributed by atoms with Gasteiger partial charge in [-0.2, -0.15) is 31.4 Å². The van der Waals surface area contributed by atoms with E-state index >= 15 is 0 Å². The fourth-order valence-electron chi connectivity index (χ4n) is 4.59. The van der Waals surface area contributed by atoms with E-state index in [0.717, 1.165) is 12.2 Å². The van der Waals surface area contributed by atoms with Gasteiger partial charge in [-0.15, -0.1) is 0 Å². The lowest BCUT2D eigenvalue weighted by Gasteiger charge is -2.35. The van der Waals surface area contributed by atoms with Crippen LogP contribution in [0, 0.1) is 0 Å².